The molecule has 1 aliphatic carbocycles. The van der Waals surface area contributed by atoms with Crippen LogP contribution in [0.15, 0.2) is 22.0 Å². The number of ether oxygens (including phenoxy) is 2. The number of carbonyl (C=O) groups excluding carboxylic acids is 2. The van der Waals surface area contributed by atoms with Crippen LogP contribution in [0, 0.1) is 13.8 Å². The summed E-state index contributed by atoms with van der Waals surface area (Å²) in [5.41, 5.74) is 3.13. The van der Waals surface area contributed by atoms with Gasteiger partial charge in [0.1, 0.15) is 11.4 Å². The highest BCUT2D eigenvalue weighted by Crippen LogP contribution is 2.43. The van der Waals surface area contributed by atoms with Crippen LogP contribution in [0.2, 0.25) is 0 Å². The molecule has 2 aromatic heterocycles. The minimum Gasteiger partial charge on any atom is -0.354 e. The summed E-state index contributed by atoms with van der Waals surface area (Å²) >= 11 is 0. The van der Waals surface area contributed by atoms with Gasteiger partial charge in [-0.25, -0.2) is 0 Å². The smallest absolute Gasteiger partial charge is 0.273 e. The summed E-state index contributed by atoms with van der Waals surface area (Å²) in [6.07, 6.45) is 6.71. The van der Waals surface area contributed by atoms with Crippen molar-refractivity contribution < 1.29 is 19.1 Å². The SMILES string of the molecule is Cc1c2n(cc(C(C)C)c1=O)C[C@@]1(C)O[C@@H]3CC[C@@H](C3)N1C2=O.Cc1c2n(cc(C(C)C)c1=O)C[C@H]1OC[C@H](C)N1C2=O. The van der Waals surface area contributed by atoms with Crippen molar-refractivity contribution in [3.63, 3.8) is 0 Å². The number of hydrogen-bond donors (Lipinski definition) is 0. The summed E-state index contributed by atoms with van der Waals surface area (Å²) in [5, 5.41) is 0. The fraction of sp³-hybridized carbons (Fsp3) is 0.636. The molecular weight excluding hydrogens is 548 g/mol. The van der Waals surface area contributed by atoms with Gasteiger partial charge in [-0.15, -0.1) is 0 Å². The Morgan fingerprint density at radius 2 is 1.44 bits per heavy atom. The van der Waals surface area contributed by atoms with E-state index in [4.69, 9.17) is 9.47 Å². The second kappa shape index (κ2) is 10.4. The van der Waals surface area contributed by atoms with Gasteiger partial charge in [0.25, 0.3) is 11.8 Å². The van der Waals surface area contributed by atoms with E-state index in [1.54, 1.807) is 18.7 Å². The van der Waals surface area contributed by atoms with Gasteiger partial charge in [-0.2, -0.15) is 0 Å². The van der Waals surface area contributed by atoms with Gasteiger partial charge in [-0.05, 0) is 58.8 Å². The molecule has 0 unspecified atom stereocenters. The number of hydrogen-bond acceptors (Lipinski definition) is 6. The summed E-state index contributed by atoms with van der Waals surface area (Å²) in [7, 11) is 0. The van der Waals surface area contributed by atoms with Gasteiger partial charge in [0.15, 0.2) is 22.8 Å². The molecule has 0 aromatic carbocycles. The molecule has 43 heavy (non-hydrogen) atoms. The number of fused-ring (bicyclic) bond motifs is 7. The van der Waals surface area contributed by atoms with Gasteiger partial charge < -0.3 is 28.4 Å². The summed E-state index contributed by atoms with van der Waals surface area (Å²) in [6, 6.07) is 0.319. The lowest BCUT2D eigenvalue weighted by molar-refractivity contribution is -0.202. The Balaban J connectivity index is 0.000000155. The summed E-state index contributed by atoms with van der Waals surface area (Å²) in [4.78, 5) is 54.5. The van der Waals surface area contributed by atoms with Crippen molar-refractivity contribution in [2.45, 2.75) is 130 Å². The van der Waals surface area contributed by atoms with Crippen molar-refractivity contribution in [2.24, 2.45) is 0 Å². The predicted molar refractivity (Wildman–Crippen MR) is 162 cm³/mol. The van der Waals surface area contributed by atoms with Crippen molar-refractivity contribution in [3.05, 3.63) is 66.5 Å². The molecule has 0 radical (unpaired) electrons. The molecule has 2 aromatic rings. The van der Waals surface area contributed by atoms with E-state index in [1.807, 2.05) is 68.0 Å². The molecule has 2 bridgehead atoms. The second-order valence-corrected chi connectivity index (χ2v) is 13.8. The third-order valence-electron chi connectivity index (χ3n) is 9.97. The van der Waals surface area contributed by atoms with Gasteiger partial charge in [-0.1, -0.05) is 27.7 Å². The van der Waals surface area contributed by atoms with Crippen LogP contribution < -0.4 is 10.9 Å². The molecule has 2 amide bonds. The standard InChI is InChI=1S/C18H24N2O3.C15H20N2O3/c1-10(2)14-8-19-9-18(4)20(12-5-6-13(7-12)23-18)17(22)15(19)11(3)16(14)21;1-8(2)11-5-16-6-12-17(9(3)7-20-12)15(19)13(16)10(4)14(11)18/h8,10,12-13H,5-7,9H2,1-4H3;5,8-9,12H,6-7H2,1-4H3/t12-,13+,18+;9-,12+/m00/s1. The van der Waals surface area contributed by atoms with Gasteiger partial charge in [0.2, 0.25) is 0 Å². The molecule has 4 aliphatic heterocycles. The van der Waals surface area contributed by atoms with Crippen molar-refractivity contribution in [3.8, 4) is 0 Å². The lowest BCUT2D eigenvalue weighted by Gasteiger charge is -2.51. The molecule has 7 rings (SSSR count). The van der Waals surface area contributed by atoms with E-state index in [1.165, 1.54) is 0 Å². The third-order valence-corrected chi connectivity index (χ3v) is 9.97. The minimum absolute atomic E-state index is 0.00503. The van der Waals surface area contributed by atoms with Crippen molar-refractivity contribution in [2.75, 3.05) is 6.61 Å². The highest BCUT2D eigenvalue weighted by molar-refractivity contribution is 5.96. The lowest BCUT2D eigenvalue weighted by Crippen LogP contribution is -2.64. The Morgan fingerprint density at radius 3 is 2.05 bits per heavy atom. The first kappa shape index (κ1) is 29.8. The monoisotopic (exact) mass is 592 g/mol. The van der Waals surface area contributed by atoms with Crippen LogP contribution in [-0.2, 0) is 22.6 Å². The molecular formula is C33H44N4O6. The average molecular weight is 593 g/mol. The summed E-state index contributed by atoms with van der Waals surface area (Å²) in [5.74, 6) is 0.157. The topological polar surface area (TPSA) is 103 Å². The van der Waals surface area contributed by atoms with Crippen LogP contribution in [-0.4, -0.2) is 67.5 Å². The Hall–Kier alpha value is -3.24. The van der Waals surface area contributed by atoms with E-state index in [2.05, 4.69) is 0 Å². The molecule has 6 heterocycles. The maximum absolute atomic E-state index is 13.2. The van der Waals surface area contributed by atoms with E-state index in [9.17, 15) is 19.2 Å². The van der Waals surface area contributed by atoms with Gasteiger partial charge in [-0.3, -0.25) is 19.2 Å². The molecule has 2 saturated heterocycles. The fourth-order valence-electron chi connectivity index (χ4n) is 7.76. The van der Waals surface area contributed by atoms with Crippen molar-refractivity contribution >= 4 is 11.8 Å². The Kier molecular flexibility index (Phi) is 7.24. The molecule has 3 fully saturated rings. The Bertz CT molecular complexity index is 1620. The number of rotatable bonds is 2. The van der Waals surface area contributed by atoms with Crippen molar-refractivity contribution in [1.29, 1.82) is 0 Å². The van der Waals surface area contributed by atoms with Crippen LogP contribution in [0.3, 0.4) is 0 Å². The molecule has 5 aliphatic rings. The maximum Gasteiger partial charge on any atom is 0.273 e. The molecule has 1 saturated carbocycles. The zero-order valence-electron chi connectivity index (χ0n) is 26.6. The van der Waals surface area contributed by atoms with Crippen LogP contribution in [0.5, 0.6) is 0 Å². The van der Waals surface area contributed by atoms with E-state index >= 15 is 0 Å². The number of carbonyl (C=O) groups is 2. The predicted octanol–water partition coefficient (Wildman–Crippen LogP) is 3.88. The fourth-order valence-corrected chi connectivity index (χ4v) is 7.76. The molecule has 5 atom stereocenters. The number of pyridine rings is 2. The van der Waals surface area contributed by atoms with Crippen LogP contribution in [0.25, 0.3) is 0 Å². The number of aromatic nitrogens is 2. The lowest BCUT2D eigenvalue weighted by atomic mass is 9.96. The molecule has 10 heteroatoms. The van der Waals surface area contributed by atoms with E-state index in [0.29, 0.717) is 42.2 Å². The first-order valence-electron chi connectivity index (χ1n) is 15.7. The molecule has 232 valence electrons. The van der Waals surface area contributed by atoms with Crippen LogP contribution in [0.4, 0.5) is 0 Å². The highest BCUT2D eigenvalue weighted by Gasteiger charge is 2.53. The Labute approximate surface area is 252 Å². The average Bonchev–Trinajstić information content (AvgIpc) is 3.50. The maximum atomic E-state index is 13.2. The first-order chi connectivity index (χ1) is 20.2. The van der Waals surface area contributed by atoms with E-state index in [0.717, 1.165) is 30.4 Å². The van der Waals surface area contributed by atoms with Gasteiger partial charge in [0.05, 0.1) is 31.8 Å². The number of amides is 2. The van der Waals surface area contributed by atoms with E-state index < -0.39 is 5.72 Å². The number of nitrogens with zero attached hydrogens (tertiary/aromatic N) is 4. The first-order valence-corrected chi connectivity index (χ1v) is 15.7. The molecule has 0 spiro atoms. The quantitative estimate of drug-likeness (QED) is 0.525. The van der Waals surface area contributed by atoms with Crippen LogP contribution in [0.1, 0.15) is 116 Å². The summed E-state index contributed by atoms with van der Waals surface area (Å²) < 4.78 is 15.8. The Morgan fingerprint density at radius 1 is 0.860 bits per heavy atom. The van der Waals surface area contributed by atoms with Crippen molar-refractivity contribution in [1.82, 2.24) is 18.9 Å². The van der Waals surface area contributed by atoms with Crippen LogP contribution >= 0.6 is 0 Å². The van der Waals surface area contributed by atoms with E-state index in [-0.39, 0.29) is 58.9 Å². The third kappa shape index (κ3) is 4.60. The molecule has 0 N–H and O–H groups in total. The second-order valence-electron chi connectivity index (χ2n) is 13.8. The van der Waals surface area contributed by atoms with Gasteiger partial charge >= 0.3 is 0 Å². The minimum atomic E-state index is -0.593. The van der Waals surface area contributed by atoms with Gasteiger partial charge in [0, 0.05) is 40.7 Å². The largest absolute Gasteiger partial charge is 0.354 e. The summed E-state index contributed by atoms with van der Waals surface area (Å²) in [6.45, 7) is 17.3. The highest BCUT2D eigenvalue weighted by atomic mass is 16.5. The normalized spacial score (nSPS) is 28.9. The zero-order valence-corrected chi connectivity index (χ0v) is 26.6. The zero-order chi connectivity index (χ0) is 31.1. The molecule has 10 nitrogen and oxygen atoms in total.